The number of hydrogen-bond donors (Lipinski definition) is 1. The zero-order valence-electron chi connectivity index (χ0n) is 25.0. The van der Waals surface area contributed by atoms with Gasteiger partial charge in [0.15, 0.2) is 11.5 Å². The van der Waals surface area contributed by atoms with Crippen LogP contribution >= 0.6 is 0 Å². The predicted octanol–water partition coefficient (Wildman–Crippen LogP) is 6.07. The second-order valence-electron chi connectivity index (χ2n) is 10.3. The van der Waals surface area contributed by atoms with Crippen LogP contribution in [0.15, 0.2) is 48.5 Å². The Morgan fingerprint density at radius 3 is 1.98 bits per heavy atom. The Bertz CT molecular complexity index is 1170. The van der Waals surface area contributed by atoms with Crippen molar-refractivity contribution in [1.29, 1.82) is 0 Å². The molecule has 42 heavy (non-hydrogen) atoms. The van der Waals surface area contributed by atoms with E-state index in [1.165, 1.54) is 19.2 Å². The molecule has 1 unspecified atom stereocenters. The molecule has 0 bridgehead atoms. The molecule has 10 heteroatoms. The first-order valence-electron chi connectivity index (χ1n) is 14.4. The zero-order valence-corrected chi connectivity index (χ0v) is 25.0. The summed E-state index contributed by atoms with van der Waals surface area (Å²) in [5.41, 5.74) is 5.44. The highest BCUT2D eigenvalue weighted by Crippen LogP contribution is 2.32. The third-order valence-corrected chi connectivity index (χ3v) is 6.43. The minimum Gasteiger partial charge on any atom is -0.468 e. The zero-order chi connectivity index (χ0) is 31.0. The summed E-state index contributed by atoms with van der Waals surface area (Å²) in [7, 11) is 1.21. The lowest BCUT2D eigenvalue weighted by Gasteiger charge is -2.29. The molecular formula is C32H43NO9. The monoisotopic (exact) mass is 585 g/mol. The summed E-state index contributed by atoms with van der Waals surface area (Å²) in [5, 5.41) is 0. The SMILES string of the molecule is CCCCCC(=O)Oc1ccc(C[C@](N)(CC(C)OC(=O)Oc2ccccc2)C(=O)OC)cc1OC(=O)CCCCC. The number of nitrogens with two attached hydrogens (primary N) is 1. The van der Waals surface area contributed by atoms with Crippen molar-refractivity contribution in [1.82, 2.24) is 0 Å². The van der Waals surface area contributed by atoms with Crippen LogP contribution in [0.3, 0.4) is 0 Å². The third-order valence-electron chi connectivity index (χ3n) is 6.43. The van der Waals surface area contributed by atoms with Crippen LogP contribution in [-0.4, -0.2) is 42.8 Å². The molecule has 230 valence electrons. The number of methoxy groups -OCH3 is 1. The lowest BCUT2D eigenvalue weighted by molar-refractivity contribution is -0.148. The second-order valence-corrected chi connectivity index (χ2v) is 10.3. The fourth-order valence-electron chi connectivity index (χ4n) is 4.34. The lowest BCUT2D eigenvalue weighted by Crippen LogP contribution is -2.53. The minimum atomic E-state index is -1.61. The predicted molar refractivity (Wildman–Crippen MR) is 156 cm³/mol. The number of rotatable bonds is 17. The Morgan fingerprint density at radius 2 is 1.40 bits per heavy atom. The van der Waals surface area contributed by atoms with Gasteiger partial charge in [0.05, 0.1) is 7.11 Å². The third kappa shape index (κ3) is 11.9. The average molecular weight is 586 g/mol. The molecule has 2 aromatic carbocycles. The molecule has 2 rings (SSSR count). The largest absolute Gasteiger partial charge is 0.514 e. The fraction of sp³-hybridized carbons (Fsp3) is 0.500. The fourth-order valence-corrected chi connectivity index (χ4v) is 4.34. The molecule has 0 aliphatic carbocycles. The Labute approximate surface area is 247 Å². The summed E-state index contributed by atoms with van der Waals surface area (Å²) in [6, 6.07) is 13.1. The molecule has 0 amide bonds. The van der Waals surface area contributed by atoms with Crippen molar-refractivity contribution in [2.75, 3.05) is 7.11 Å². The Hall–Kier alpha value is -3.92. The van der Waals surface area contributed by atoms with Gasteiger partial charge in [0.1, 0.15) is 17.4 Å². The van der Waals surface area contributed by atoms with Crippen LogP contribution in [0.5, 0.6) is 17.2 Å². The Morgan fingerprint density at radius 1 is 0.810 bits per heavy atom. The molecule has 0 saturated heterocycles. The smallest absolute Gasteiger partial charge is 0.468 e. The maximum atomic E-state index is 12.8. The van der Waals surface area contributed by atoms with Crippen molar-refractivity contribution in [2.45, 2.75) is 96.6 Å². The van der Waals surface area contributed by atoms with Crippen LogP contribution in [-0.2, 0) is 30.3 Å². The number of para-hydroxylation sites is 1. The number of ether oxygens (including phenoxy) is 5. The summed E-state index contributed by atoms with van der Waals surface area (Å²) in [5.74, 6) is -1.15. The number of unbranched alkanes of at least 4 members (excludes halogenated alkanes) is 4. The van der Waals surface area contributed by atoms with Gasteiger partial charge in [-0.05, 0) is 49.6 Å². The van der Waals surface area contributed by atoms with Gasteiger partial charge in [-0.2, -0.15) is 0 Å². The molecule has 0 radical (unpaired) electrons. The van der Waals surface area contributed by atoms with Crippen molar-refractivity contribution < 1.29 is 42.9 Å². The molecule has 0 spiro atoms. The minimum absolute atomic E-state index is 0.0494. The average Bonchev–Trinajstić information content (AvgIpc) is 2.94. The number of benzene rings is 2. The molecule has 2 N–H and O–H groups in total. The summed E-state index contributed by atoms with van der Waals surface area (Å²) in [6.45, 7) is 5.65. The van der Waals surface area contributed by atoms with Gasteiger partial charge in [-0.25, -0.2) is 4.79 Å². The highest BCUT2D eigenvalue weighted by atomic mass is 16.7. The standard InChI is InChI=1S/C32H43NO9/c1-5-7-10-16-28(34)41-26-19-18-24(20-27(26)42-29(35)17-11-8-6-2)22-32(33,30(36)38-4)21-23(3)39-31(37)40-25-14-12-9-13-15-25/h9,12-15,18-20,23H,5-8,10-11,16-17,21-22,33H2,1-4H3/t23?,32-/m1/s1. The van der Waals surface area contributed by atoms with Crippen LogP contribution in [0.4, 0.5) is 4.79 Å². The van der Waals surface area contributed by atoms with E-state index in [4.69, 9.17) is 29.4 Å². The van der Waals surface area contributed by atoms with E-state index in [0.29, 0.717) is 24.2 Å². The number of esters is 3. The van der Waals surface area contributed by atoms with E-state index < -0.39 is 35.7 Å². The van der Waals surface area contributed by atoms with E-state index in [9.17, 15) is 19.2 Å². The van der Waals surface area contributed by atoms with Crippen molar-refractivity contribution in [3.8, 4) is 17.2 Å². The normalized spacial score (nSPS) is 12.9. The van der Waals surface area contributed by atoms with Gasteiger partial charge in [0, 0.05) is 25.7 Å². The maximum absolute atomic E-state index is 12.8. The highest BCUT2D eigenvalue weighted by Gasteiger charge is 2.38. The molecule has 0 aliphatic heterocycles. The van der Waals surface area contributed by atoms with E-state index >= 15 is 0 Å². The summed E-state index contributed by atoms with van der Waals surface area (Å²) < 4.78 is 26.6. The summed E-state index contributed by atoms with van der Waals surface area (Å²) >= 11 is 0. The first kappa shape index (κ1) is 34.3. The van der Waals surface area contributed by atoms with Crippen molar-refractivity contribution in [3.63, 3.8) is 0 Å². The van der Waals surface area contributed by atoms with Crippen molar-refractivity contribution in [2.24, 2.45) is 5.73 Å². The van der Waals surface area contributed by atoms with Crippen molar-refractivity contribution in [3.05, 3.63) is 54.1 Å². The molecule has 0 saturated carbocycles. The molecule has 0 fully saturated rings. The van der Waals surface area contributed by atoms with E-state index in [1.807, 2.05) is 13.8 Å². The van der Waals surface area contributed by atoms with Gasteiger partial charge in [-0.3, -0.25) is 14.4 Å². The second kappa shape index (κ2) is 17.8. The van der Waals surface area contributed by atoms with Gasteiger partial charge in [0.25, 0.3) is 0 Å². The van der Waals surface area contributed by atoms with Gasteiger partial charge >= 0.3 is 24.1 Å². The number of hydrogen-bond acceptors (Lipinski definition) is 10. The van der Waals surface area contributed by atoms with Gasteiger partial charge in [0.2, 0.25) is 0 Å². The van der Waals surface area contributed by atoms with Crippen LogP contribution in [0.2, 0.25) is 0 Å². The number of carbonyl (C=O) groups is 4. The first-order chi connectivity index (χ1) is 20.1. The van der Waals surface area contributed by atoms with Crippen LogP contribution in [0.25, 0.3) is 0 Å². The van der Waals surface area contributed by atoms with Crippen LogP contribution in [0, 0.1) is 0 Å². The first-order valence-corrected chi connectivity index (χ1v) is 14.4. The maximum Gasteiger partial charge on any atom is 0.514 e. The molecule has 0 heterocycles. The van der Waals surface area contributed by atoms with E-state index in [1.54, 1.807) is 43.3 Å². The molecular weight excluding hydrogens is 542 g/mol. The van der Waals surface area contributed by atoms with Gasteiger partial charge in [-0.15, -0.1) is 0 Å². The van der Waals surface area contributed by atoms with Crippen LogP contribution < -0.4 is 19.9 Å². The Kier molecular flexibility index (Phi) is 14.5. The van der Waals surface area contributed by atoms with Crippen LogP contribution in [0.1, 0.15) is 84.1 Å². The molecule has 2 aromatic rings. The van der Waals surface area contributed by atoms with Crippen molar-refractivity contribution >= 4 is 24.1 Å². The quantitative estimate of drug-likeness (QED) is 0.101. The number of carbonyl (C=O) groups excluding carboxylic acids is 4. The molecule has 2 atom stereocenters. The van der Waals surface area contributed by atoms with E-state index in [-0.39, 0.29) is 37.2 Å². The highest BCUT2D eigenvalue weighted by molar-refractivity contribution is 5.81. The summed E-state index contributed by atoms with van der Waals surface area (Å²) in [4.78, 5) is 50.0. The topological polar surface area (TPSA) is 140 Å². The summed E-state index contributed by atoms with van der Waals surface area (Å²) in [6.07, 6.45) is 3.57. The van der Waals surface area contributed by atoms with E-state index in [2.05, 4.69) is 0 Å². The van der Waals surface area contributed by atoms with E-state index in [0.717, 1.165) is 25.7 Å². The Balaban J connectivity index is 2.22. The van der Waals surface area contributed by atoms with Gasteiger partial charge in [-0.1, -0.05) is 63.8 Å². The lowest BCUT2D eigenvalue weighted by atomic mass is 9.86. The molecule has 0 aliphatic rings. The molecule has 0 aromatic heterocycles. The molecule has 10 nitrogen and oxygen atoms in total. The van der Waals surface area contributed by atoms with Gasteiger partial charge < -0.3 is 29.4 Å².